The standard InChI is InChI=1S/C4H12Si2/c5-3-1-2-4-6/h1-2H,3-4H2,5-6H3/b2-1+. The molecule has 0 bridgehead atoms. The smallest absolute Gasteiger partial charge is 0.00754 e. The van der Waals surface area contributed by atoms with E-state index in [2.05, 4.69) is 12.2 Å². The third-order valence-electron chi connectivity index (χ3n) is 0.638. The van der Waals surface area contributed by atoms with Gasteiger partial charge in [-0.15, -0.1) is 0 Å². The summed E-state index contributed by atoms with van der Waals surface area (Å²) in [6.45, 7) is 0. The van der Waals surface area contributed by atoms with Gasteiger partial charge in [0.1, 0.15) is 0 Å². The summed E-state index contributed by atoms with van der Waals surface area (Å²) < 4.78 is 0. The van der Waals surface area contributed by atoms with E-state index in [0.29, 0.717) is 0 Å². The van der Waals surface area contributed by atoms with Crippen LogP contribution in [0.5, 0.6) is 0 Å². The average molecular weight is 116 g/mol. The minimum atomic E-state index is 1.33. The summed E-state index contributed by atoms with van der Waals surface area (Å²) in [5, 5.41) is 0. The largest absolute Gasteiger partial charge is 0.0924 e. The SMILES string of the molecule is [SiH3]C/C=C/C[SiH3]. The highest BCUT2D eigenvalue weighted by atomic mass is 28.1. The molecule has 0 radical (unpaired) electrons. The van der Waals surface area contributed by atoms with E-state index >= 15 is 0 Å². The van der Waals surface area contributed by atoms with Crippen LogP contribution in [0.2, 0.25) is 12.1 Å². The first-order valence-electron chi connectivity index (χ1n) is 2.56. The molecule has 0 saturated carbocycles. The Morgan fingerprint density at radius 2 is 1.33 bits per heavy atom. The lowest BCUT2D eigenvalue weighted by Gasteiger charge is -1.72. The van der Waals surface area contributed by atoms with Crippen molar-refractivity contribution in [3.05, 3.63) is 12.2 Å². The molecule has 0 fully saturated rings. The van der Waals surface area contributed by atoms with Crippen molar-refractivity contribution in [2.45, 2.75) is 12.1 Å². The molecule has 0 rings (SSSR count). The van der Waals surface area contributed by atoms with Gasteiger partial charge in [-0.3, -0.25) is 0 Å². The van der Waals surface area contributed by atoms with Crippen molar-refractivity contribution in [1.29, 1.82) is 0 Å². The second-order valence-corrected chi connectivity index (χ2v) is 2.92. The van der Waals surface area contributed by atoms with Crippen LogP contribution < -0.4 is 0 Å². The van der Waals surface area contributed by atoms with Crippen LogP contribution in [0.3, 0.4) is 0 Å². The summed E-state index contributed by atoms with van der Waals surface area (Å²) in [7, 11) is 2.66. The van der Waals surface area contributed by atoms with E-state index in [0.717, 1.165) is 0 Å². The van der Waals surface area contributed by atoms with Gasteiger partial charge in [0.2, 0.25) is 0 Å². The van der Waals surface area contributed by atoms with E-state index in [4.69, 9.17) is 0 Å². The maximum atomic E-state index is 2.28. The number of hydrogen-bond donors (Lipinski definition) is 0. The molecule has 0 heterocycles. The highest BCUT2D eigenvalue weighted by Gasteiger charge is 1.60. The lowest BCUT2D eigenvalue weighted by atomic mass is 10.6. The second kappa shape index (κ2) is 5.17. The Kier molecular flexibility index (Phi) is 5.32. The monoisotopic (exact) mass is 116 g/mol. The van der Waals surface area contributed by atoms with E-state index in [-0.39, 0.29) is 0 Å². The van der Waals surface area contributed by atoms with E-state index in [9.17, 15) is 0 Å². The Morgan fingerprint density at radius 3 is 1.50 bits per heavy atom. The molecule has 36 valence electrons. The molecule has 0 N–H and O–H groups in total. The van der Waals surface area contributed by atoms with E-state index in [1.165, 1.54) is 32.6 Å². The summed E-state index contributed by atoms with van der Waals surface area (Å²) >= 11 is 0. The van der Waals surface area contributed by atoms with Crippen molar-refractivity contribution in [2.24, 2.45) is 0 Å². The fraction of sp³-hybridized carbons (Fsp3) is 0.500. The van der Waals surface area contributed by atoms with Crippen LogP contribution in [0.4, 0.5) is 0 Å². The molecule has 0 spiro atoms. The second-order valence-electron chi connectivity index (χ2n) is 1.29. The fourth-order valence-corrected chi connectivity index (χ4v) is 1.00. The van der Waals surface area contributed by atoms with Crippen LogP contribution in [-0.4, -0.2) is 20.5 Å². The third-order valence-corrected chi connectivity index (χ3v) is 1.58. The van der Waals surface area contributed by atoms with Crippen LogP contribution in [0.25, 0.3) is 0 Å². The molecule has 0 unspecified atom stereocenters. The van der Waals surface area contributed by atoms with Gasteiger partial charge in [0.25, 0.3) is 0 Å². The average Bonchev–Trinajstić information content (AvgIpc) is 1.61. The van der Waals surface area contributed by atoms with Gasteiger partial charge in [0, 0.05) is 20.5 Å². The molecule has 0 nitrogen and oxygen atoms in total. The Hall–Kier alpha value is 0.174. The van der Waals surface area contributed by atoms with Crippen LogP contribution in [-0.2, 0) is 0 Å². The molecular weight excluding hydrogens is 104 g/mol. The van der Waals surface area contributed by atoms with Gasteiger partial charge in [-0.1, -0.05) is 12.2 Å². The van der Waals surface area contributed by atoms with Gasteiger partial charge in [0.15, 0.2) is 0 Å². The van der Waals surface area contributed by atoms with Crippen molar-refractivity contribution >= 4 is 20.5 Å². The van der Waals surface area contributed by atoms with Crippen molar-refractivity contribution in [3.8, 4) is 0 Å². The molecule has 0 atom stereocenters. The first kappa shape index (κ1) is 6.17. The van der Waals surface area contributed by atoms with Crippen molar-refractivity contribution in [3.63, 3.8) is 0 Å². The molecule has 0 aliphatic rings. The van der Waals surface area contributed by atoms with Gasteiger partial charge in [-0.25, -0.2) is 0 Å². The first-order valence-corrected chi connectivity index (χ1v) is 5.39. The molecule has 0 aromatic carbocycles. The summed E-state index contributed by atoms with van der Waals surface area (Å²) in [4.78, 5) is 0. The quantitative estimate of drug-likeness (QED) is 0.324. The van der Waals surface area contributed by atoms with E-state index in [1.54, 1.807) is 0 Å². The zero-order valence-corrected chi connectivity index (χ0v) is 8.57. The van der Waals surface area contributed by atoms with E-state index < -0.39 is 0 Å². The number of hydrogen-bond acceptors (Lipinski definition) is 0. The Morgan fingerprint density at radius 1 is 1.00 bits per heavy atom. The predicted octanol–water partition coefficient (Wildman–Crippen LogP) is -0.890. The summed E-state index contributed by atoms with van der Waals surface area (Å²) in [6, 6.07) is 2.67. The molecule has 2 heteroatoms. The van der Waals surface area contributed by atoms with E-state index in [1.807, 2.05) is 0 Å². The van der Waals surface area contributed by atoms with Crippen molar-refractivity contribution in [2.75, 3.05) is 0 Å². The maximum absolute atomic E-state index is 2.28. The Bertz CT molecular complexity index is 34.8. The van der Waals surface area contributed by atoms with Gasteiger partial charge in [0.05, 0.1) is 0 Å². The van der Waals surface area contributed by atoms with Crippen LogP contribution in [0.1, 0.15) is 0 Å². The first-order chi connectivity index (χ1) is 2.91. The molecule has 0 aliphatic heterocycles. The fourth-order valence-electron chi connectivity index (χ4n) is 0.333. The summed E-state index contributed by atoms with van der Waals surface area (Å²) in [5.74, 6) is 0. The predicted molar refractivity (Wildman–Crippen MR) is 38.6 cm³/mol. The molecule has 6 heavy (non-hydrogen) atoms. The third kappa shape index (κ3) is 4.17. The summed E-state index contributed by atoms with van der Waals surface area (Å²) in [5.41, 5.74) is 0. The molecule has 0 aromatic rings. The molecule has 0 amide bonds. The number of allylic oxidation sites excluding steroid dienone is 2. The van der Waals surface area contributed by atoms with Crippen LogP contribution >= 0.6 is 0 Å². The normalized spacial score (nSPS) is 11.3. The van der Waals surface area contributed by atoms with Crippen molar-refractivity contribution < 1.29 is 0 Å². The topological polar surface area (TPSA) is 0 Å². The molecule has 0 aliphatic carbocycles. The van der Waals surface area contributed by atoms with Gasteiger partial charge in [-0.05, 0) is 12.1 Å². The Labute approximate surface area is 45.5 Å². The Balaban J connectivity index is 2.73. The molecule has 0 saturated heterocycles. The minimum Gasteiger partial charge on any atom is -0.0924 e. The molecule has 0 aromatic heterocycles. The van der Waals surface area contributed by atoms with Crippen LogP contribution in [0.15, 0.2) is 12.2 Å². The van der Waals surface area contributed by atoms with Gasteiger partial charge in [-0.2, -0.15) is 0 Å². The lowest BCUT2D eigenvalue weighted by molar-refractivity contribution is 1.61. The van der Waals surface area contributed by atoms with Crippen LogP contribution in [0, 0.1) is 0 Å². The highest BCUT2D eigenvalue weighted by molar-refractivity contribution is 6.10. The van der Waals surface area contributed by atoms with Gasteiger partial charge < -0.3 is 0 Å². The highest BCUT2D eigenvalue weighted by Crippen LogP contribution is 1.78. The zero-order valence-electron chi connectivity index (χ0n) is 4.57. The number of rotatable bonds is 2. The molecular formula is C4H12Si2. The van der Waals surface area contributed by atoms with Crippen molar-refractivity contribution in [1.82, 2.24) is 0 Å². The zero-order chi connectivity index (χ0) is 4.83. The lowest BCUT2D eigenvalue weighted by Crippen LogP contribution is -1.58. The summed E-state index contributed by atoms with van der Waals surface area (Å²) in [6.07, 6.45) is 4.55. The minimum absolute atomic E-state index is 1.33. The maximum Gasteiger partial charge on any atom is 0.00754 e. The van der Waals surface area contributed by atoms with Gasteiger partial charge >= 0.3 is 0 Å².